The summed E-state index contributed by atoms with van der Waals surface area (Å²) in [5.41, 5.74) is 0.830. The van der Waals surface area contributed by atoms with Gasteiger partial charge in [-0.25, -0.2) is 4.39 Å². The summed E-state index contributed by atoms with van der Waals surface area (Å²) in [6, 6.07) is 6.30. The minimum atomic E-state index is -0.274. The van der Waals surface area contributed by atoms with Gasteiger partial charge in [0.05, 0.1) is 0 Å². The highest BCUT2D eigenvalue weighted by Gasteiger charge is 2.25. The smallest absolute Gasteiger partial charge is 0.222 e. The van der Waals surface area contributed by atoms with Crippen LogP contribution in [0.15, 0.2) is 24.3 Å². The lowest BCUT2D eigenvalue weighted by molar-refractivity contribution is -0.124. The summed E-state index contributed by atoms with van der Waals surface area (Å²) in [5.74, 6) is 1.39. The lowest BCUT2D eigenvalue weighted by Gasteiger charge is -2.26. The molecule has 1 aliphatic rings. The van der Waals surface area contributed by atoms with Crippen molar-refractivity contribution in [2.75, 3.05) is 0 Å². The number of aromatic nitrogens is 3. The summed E-state index contributed by atoms with van der Waals surface area (Å²) in [6.07, 6.45) is 1.64. The summed E-state index contributed by atoms with van der Waals surface area (Å²) in [7, 11) is 0. The Morgan fingerprint density at radius 2 is 2.05 bits per heavy atom. The second-order valence-electron chi connectivity index (χ2n) is 5.96. The monoisotopic (exact) mass is 302 g/mol. The van der Waals surface area contributed by atoms with E-state index in [9.17, 15) is 9.18 Å². The third kappa shape index (κ3) is 2.86. The SMILES string of the molecule is CC(C)C(=O)N[C@H]1CCc2nnc(-c3ccc(F)cc3)n2C1. The summed E-state index contributed by atoms with van der Waals surface area (Å²) in [5, 5.41) is 11.5. The van der Waals surface area contributed by atoms with E-state index in [0.717, 1.165) is 30.1 Å². The van der Waals surface area contributed by atoms with Crippen LogP contribution in [-0.4, -0.2) is 26.7 Å². The van der Waals surface area contributed by atoms with E-state index in [1.54, 1.807) is 12.1 Å². The molecule has 0 unspecified atom stereocenters. The first-order chi connectivity index (χ1) is 10.5. The largest absolute Gasteiger partial charge is 0.351 e. The van der Waals surface area contributed by atoms with Crippen LogP contribution in [-0.2, 0) is 17.8 Å². The summed E-state index contributed by atoms with van der Waals surface area (Å²) in [6.45, 7) is 4.41. The fourth-order valence-corrected chi connectivity index (χ4v) is 2.63. The van der Waals surface area contributed by atoms with Crippen LogP contribution in [0.4, 0.5) is 4.39 Å². The molecule has 0 radical (unpaired) electrons. The van der Waals surface area contributed by atoms with Gasteiger partial charge in [0.25, 0.3) is 0 Å². The van der Waals surface area contributed by atoms with Gasteiger partial charge < -0.3 is 9.88 Å². The molecule has 116 valence electrons. The average molecular weight is 302 g/mol. The number of benzene rings is 1. The molecule has 1 aromatic heterocycles. The molecule has 0 saturated carbocycles. The highest BCUT2D eigenvalue weighted by molar-refractivity contribution is 5.78. The van der Waals surface area contributed by atoms with Crippen molar-refractivity contribution in [1.82, 2.24) is 20.1 Å². The Labute approximate surface area is 128 Å². The van der Waals surface area contributed by atoms with Crippen molar-refractivity contribution in [3.63, 3.8) is 0 Å². The Bertz CT molecular complexity index is 678. The number of fused-ring (bicyclic) bond motifs is 1. The van der Waals surface area contributed by atoms with Gasteiger partial charge in [0.2, 0.25) is 5.91 Å². The van der Waals surface area contributed by atoms with E-state index >= 15 is 0 Å². The van der Waals surface area contributed by atoms with E-state index in [4.69, 9.17) is 0 Å². The second kappa shape index (κ2) is 5.87. The molecule has 0 saturated heterocycles. The Kier molecular flexibility index (Phi) is 3.92. The molecule has 0 bridgehead atoms. The highest BCUT2D eigenvalue weighted by Crippen LogP contribution is 2.23. The summed E-state index contributed by atoms with van der Waals surface area (Å²) >= 11 is 0. The molecule has 2 heterocycles. The average Bonchev–Trinajstić information content (AvgIpc) is 2.91. The Morgan fingerprint density at radius 1 is 1.32 bits per heavy atom. The number of amides is 1. The highest BCUT2D eigenvalue weighted by atomic mass is 19.1. The summed E-state index contributed by atoms with van der Waals surface area (Å²) in [4.78, 5) is 11.9. The van der Waals surface area contributed by atoms with Crippen LogP contribution in [0.25, 0.3) is 11.4 Å². The maximum atomic E-state index is 13.1. The zero-order valence-corrected chi connectivity index (χ0v) is 12.7. The predicted octanol–water partition coefficient (Wildman–Crippen LogP) is 2.17. The van der Waals surface area contributed by atoms with Gasteiger partial charge in [-0.15, -0.1) is 10.2 Å². The second-order valence-corrected chi connectivity index (χ2v) is 5.96. The van der Waals surface area contributed by atoms with Crippen molar-refractivity contribution < 1.29 is 9.18 Å². The minimum Gasteiger partial charge on any atom is -0.351 e. The number of carbonyl (C=O) groups excluding carboxylic acids is 1. The lowest BCUT2D eigenvalue weighted by Crippen LogP contribution is -2.42. The molecule has 0 aliphatic carbocycles. The number of carbonyl (C=O) groups is 1. The van der Waals surface area contributed by atoms with E-state index in [-0.39, 0.29) is 23.7 Å². The first-order valence-corrected chi connectivity index (χ1v) is 7.53. The maximum Gasteiger partial charge on any atom is 0.222 e. The molecule has 0 spiro atoms. The van der Waals surface area contributed by atoms with Gasteiger partial charge in [-0.1, -0.05) is 13.8 Å². The molecule has 5 nitrogen and oxygen atoms in total. The van der Waals surface area contributed by atoms with Gasteiger partial charge >= 0.3 is 0 Å². The summed E-state index contributed by atoms with van der Waals surface area (Å²) < 4.78 is 15.1. The fraction of sp³-hybridized carbons (Fsp3) is 0.438. The number of nitrogens with zero attached hydrogens (tertiary/aromatic N) is 3. The van der Waals surface area contributed by atoms with Gasteiger partial charge in [0.15, 0.2) is 5.82 Å². The van der Waals surface area contributed by atoms with Crippen LogP contribution < -0.4 is 5.32 Å². The topological polar surface area (TPSA) is 59.8 Å². The number of nitrogens with one attached hydrogen (secondary N) is 1. The number of rotatable bonds is 3. The van der Waals surface area contributed by atoms with Crippen molar-refractivity contribution in [3.8, 4) is 11.4 Å². The van der Waals surface area contributed by atoms with Crippen LogP contribution in [0.5, 0.6) is 0 Å². The molecule has 2 aromatic rings. The number of hydrogen-bond acceptors (Lipinski definition) is 3. The van der Waals surface area contributed by atoms with Crippen LogP contribution in [0, 0.1) is 11.7 Å². The molecule has 3 rings (SSSR count). The molecule has 22 heavy (non-hydrogen) atoms. The zero-order chi connectivity index (χ0) is 15.7. The first-order valence-electron chi connectivity index (χ1n) is 7.53. The molecular formula is C16H19FN4O. The number of hydrogen-bond donors (Lipinski definition) is 1. The van der Waals surface area contributed by atoms with E-state index in [2.05, 4.69) is 15.5 Å². The molecular weight excluding hydrogens is 283 g/mol. The van der Waals surface area contributed by atoms with Gasteiger partial charge in [0.1, 0.15) is 11.6 Å². The van der Waals surface area contributed by atoms with Crippen LogP contribution in [0.3, 0.4) is 0 Å². The van der Waals surface area contributed by atoms with Crippen molar-refractivity contribution in [1.29, 1.82) is 0 Å². The van der Waals surface area contributed by atoms with Crippen molar-refractivity contribution >= 4 is 5.91 Å². The van der Waals surface area contributed by atoms with Crippen molar-refractivity contribution in [2.24, 2.45) is 5.92 Å². The van der Waals surface area contributed by atoms with Gasteiger partial charge in [-0.3, -0.25) is 4.79 Å². The van der Waals surface area contributed by atoms with E-state index in [0.29, 0.717) is 6.54 Å². The quantitative estimate of drug-likeness (QED) is 0.945. The molecule has 1 aliphatic heterocycles. The van der Waals surface area contributed by atoms with Crippen LogP contribution in [0.1, 0.15) is 26.1 Å². The van der Waals surface area contributed by atoms with Gasteiger partial charge in [0, 0.05) is 30.5 Å². The molecule has 1 aromatic carbocycles. The third-order valence-electron chi connectivity index (χ3n) is 3.92. The number of halogens is 1. The van der Waals surface area contributed by atoms with E-state index in [1.165, 1.54) is 12.1 Å². The van der Waals surface area contributed by atoms with Gasteiger partial charge in [-0.05, 0) is 30.7 Å². The van der Waals surface area contributed by atoms with Crippen molar-refractivity contribution in [3.05, 3.63) is 35.9 Å². The fourth-order valence-electron chi connectivity index (χ4n) is 2.63. The van der Waals surface area contributed by atoms with Crippen molar-refractivity contribution in [2.45, 2.75) is 39.3 Å². The Balaban J connectivity index is 1.82. The normalized spacial score (nSPS) is 17.4. The van der Waals surface area contributed by atoms with Gasteiger partial charge in [-0.2, -0.15) is 0 Å². The molecule has 1 atom stereocenters. The molecule has 6 heteroatoms. The first kappa shape index (κ1) is 14.7. The van der Waals surface area contributed by atoms with E-state index < -0.39 is 0 Å². The van der Waals surface area contributed by atoms with E-state index in [1.807, 2.05) is 18.4 Å². The molecule has 1 N–H and O–H groups in total. The standard InChI is InChI=1S/C16H19FN4O/c1-10(2)16(22)18-13-7-8-14-19-20-15(21(14)9-13)11-3-5-12(17)6-4-11/h3-6,10,13H,7-9H2,1-2H3,(H,18,22)/t13-/m0/s1. The molecule has 0 fully saturated rings. The Hall–Kier alpha value is -2.24. The zero-order valence-electron chi connectivity index (χ0n) is 12.7. The maximum absolute atomic E-state index is 13.1. The Morgan fingerprint density at radius 3 is 2.73 bits per heavy atom. The third-order valence-corrected chi connectivity index (χ3v) is 3.92. The van der Waals surface area contributed by atoms with Crippen LogP contribution >= 0.6 is 0 Å². The predicted molar refractivity (Wildman–Crippen MR) is 80.5 cm³/mol. The number of aryl methyl sites for hydroxylation is 1. The van der Waals surface area contributed by atoms with Crippen LogP contribution in [0.2, 0.25) is 0 Å². The minimum absolute atomic E-state index is 0.0288. The molecule has 1 amide bonds. The lowest BCUT2D eigenvalue weighted by atomic mass is 10.1.